The molecule has 17 heavy (non-hydrogen) atoms. The topological polar surface area (TPSA) is 58.4 Å². The van der Waals surface area contributed by atoms with Crippen molar-refractivity contribution >= 4 is 5.91 Å². The third kappa shape index (κ3) is 4.64. The predicted molar refractivity (Wildman–Crippen MR) is 70.7 cm³/mol. The average molecular weight is 241 g/mol. The number of rotatable bonds is 3. The third-order valence-corrected chi connectivity index (χ3v) is 3.20. The Balaban J connectivity index is 2.50. The third-order valence-electron chi connectivity index (χ3n) is 3.20. The molecular formula is C13H27N3O. The van der Waals surface area contributed by atoms with Crippen LogP contribution >= 0.6 is 0 Å². The number of hydrogen-bond donors (Lipinski definition) is 2. The van der Waals surface area contributed by atoms with Gasteiger partial charge in [-0.05, 0) is 12.3 Å². The molecule has 4 heteroatoms. The van der Waals surface area contributed by atoms with Crippen LogP contribution in [0.3, 0.4) is 0 Å². The fourth-order valence-corrected chi connectivity index (χ4v) is 2.33. The second kappa shape index (κ2) is 5.83. The van der Waals surface area contributed by atoms with Gasteiger partial charge in [-0.15, -0.1) is 0 Å². The molecule has 0 aliphatic carbocycles. The van der Waals surface area contributed by atoms with Gasteiger partial charge in [0.05, 0.1) is 0 Å². The number of nitrogens with two attached hydrogens (primary N) is 1. The Morgan fingerprint density at radius 2 is 2.06 bits per heavy atom. The van der Waals surface area contributed by atoms with E-state index < -0.39 is 0 Å². The average Bonchev–Trinajstić information content (AvgIpc) is 2.15. The summed E-state index contributed by atoms with van der Waals surface area (Å²) in [4.78, 5) is 14.3. The Bertz CT molecular complexity index is 260. The Morgan fingerprint density at radius 1 is 1.41 bits per heavy atom. The van der Waals surface area contributed by atoms with E-state index >= 15 is 0 Å². The minimum atomic E-state index is -0.306. The van der Waals surface area contributed by atoms with Crippen LogP contribution < -0.4 is 11.1 Å². The molecular weight excluding hydrogens is 214 g/mol. The molecule has 1 aliphatic rings. The van der Waals surface area contributed by atoms with Crippen molar-refractivity contribution in [2.24, 2.45) is 17.1 Å². The molecule has 1 amide bonds. The molecule has 2 atom stereocenters. The molecule has 100 valence electrons. The second-order valence-corrected chi connectivity index (χ2v) is 6.31. The van der Waals surface area contributed by atoms with E-state index in [0.717, 1.165) is 26.1 Å². The Hall–Kier alpha value is -0.610. The largest absolute Gasteiger partial charge is 0.352 e. The van der Waals surface area contributed by atoms with Gasteiger partial charge in [-0.25, -0.2) is 0 Å². The molecule has 0 aromatic carbocycles. The summed E-state index contributed by atoms with van der Waals surface area (Å²) in [6.45, 7) is 11.7. The quantitative estimate of drug-likeness (QED) is 0.769. The molecule has 4 nitrogen and oxygen atoms in total. The molecule has 0 saturated carbocycles. The summed E-state index contributed by atoms with van der Waals surface area (Å²) in [5, 5.41) is 3.16. The van der Waals surface area contributed by atoms with Crippen molar-refractivity contribution in [1.29, 1.82) is 0 Å². The van der Waals surface area contributed by atoms with E-state index in [1.165, 1.54) is 0 Å². The molecule has 1 heterocycles. The lowest BCUT2D eigenvalue weighted by atomic mass is 9.92. The maximum Gasteiger partial charge on any atom is 0.225 e. The smallest absolute Gasteiger partial charge is 0.225 e. The molecule has 2 unspecified atom stereocenters. The zero-order chi connectivity index (χ0) is 13.1. The van der Waals surface area contributed by atoms with Crippen LogP contribution in [0.5, 0.6) is 0 Å². The van der Waals surface area contributed by atoms with E-state index in [9.17, 15) is 4.79 Å². The predicted octanol–water partition coefficient (Wildman–Crippen LogP) is 0.818. The van der Waals surface area contributed by atoms with Gasteiger partial charge in [0.1, 0.15) is 0 Å². The van der Waals surface area contributed by atoms with Gasteiger partial charge in [0.15, 0.2) is 0 Å². The lowest BCUT2D eigenvalue weighted by Gasteiger charge is -2.37. The molecule has 0 spiro atoms. The standard InChI is InChI=1S/C13H27N3O/c1-10-7-11(9-16(8-10)6-5-14)15-12(17)13(2,3)4/h10-11H,5-9,14H2,1-4H3,(H,15,17). The molecule has 1 saturated heterocycles. The molecule has 1 aliphatic heterocycles. The summed E-state index contributed by atoms with van der Waals surface area (Å²) in [5.74, 6) is 0.768. The van der Waals surface area contributed by atoms with Crippen LogP contribution in [-0.4, -0.2) is 43.0 Å². The first-order valence-electron chi connectivity index (χ1n) is 6.56. The van der Waals surface area contributed by atoms with Gasteiger partial charge in [0.2, 0.25) is 5.91 Å². The van der Waals surface area contributed by atoms with E-state index in [-0.39, 0.29) is 17.4 Å². The number of carbonyl (C=O) groups is 1. The van der Waals surface area contributed by atoms with Crippen molar-refractivity contribution in [2.45, 2.75) is 40.2 Å². The number of hydrogen-bond acceptors (Lipinski definition) is 3. The van der Waals surface area contributed by atoms with Crippen LogP contribution in [0.25, 0.3) is 0 Å². The van der Waals surface area contributed by atoms with E-state index in [2.05, 4.69) is 17.1 Å². The Labute approximate surface area is 105 Å². The van der Waals surface area contributed by atoms with Gasteiger partial charge in [0.25, 0.3) is 0 Å². The highest BCUT2D eigenvalue weighted by atomic mass is 16.2. The number of amides is 1. The van der Waals surface area contributed by atoms with Gasteiger partial charge < -0.3 is 11.1 Å². The van der Waals surface area contributed by atoms with E-state index in [4.69, 9.17) is 5.73 Å². The van der Waals surface area contributed by atoms with Crippen molar-refractivity contribution in [3.63, 3.8) is 0 Å². The lowest BCUT2D eigenvalue weighted by molar-refractivity contribution is -0.129. The Morgan fingerprint density at radius 3 is 2.59 bits per heavy atom. The first kappa shape index (κ1) is 14.5. The lowest BCUT2D eigenvalue weighted by Crippen LogP contribution is -2.53. The first-order chi connectivity index (χ1) is 7.82. The van der Waals surface area contributed by atoms with Crippen LogP contribution in [0.15, 0.2) is 0 Å². The number of likely N-dealkylation sites (tertiary alicyclic amines) is 1. The fraction of sp³-hybridized carbons (Fsp3) is 0.923. The van der Waals surface area contributed by atoms with Crippen LogP contribution in [0, 0.1) is 11.3 Å². The van der Waals surface area contributed by atoms with Gasteiger partial charge in [-0.1, -0.05) is 27.7 Å². The minimum absolute atomic E-state index is 0.143. The van der Waals surface area contributed by atoms with Crippen molar-refractivity contribution in [3.8, 4) is 0 Å². The molecule has 1 rings (SSSR count). The van der Waals surface area contributed by atoms with Crippen LogP contribution in [0.2, 0.25) is 0 Å². The summed E-state index contributed by atoms with van der Waals surface area (Å²) in [5.41, 5.74) is 5.29. The summed E-state index contributed by atoms with van der Waals surface area (Å²) in [7, 11) is 0. The summed E-state index contributed by atoms with van der Waals surface area (Å²) < 4.78 is 0. The second-order valence-electron chi connectivity index (χ2n) is 6.31. The number of piperidine rings is 1. The number of carbonyl (C=O) groups excluding carboxylic acids is 1. The highest BCUT2D eigenvalue weighted by molar-refractivity contribution is 5.81. The SMILES string of the molecule is CC1CC(NC(=O)C(C)(C)C)CN(CCN)C1. The maximum absolute atomic E-state index is 11.9. The molecule has 1 fully saturated rings. The maximum atomic E-state index is 11.9. The highest BCUT2D eigenvalue weighted by Crippen LogP contribution is 2.18. The number of nitrogens with one attached hydrogen (secondary N) is 1. The molecule has 0 aromatic rings. The van der Waals surface area contributed by atoms with E-state index in [1.807, 2.05) is 20.8 Å². The zero-order valence-electron chi connectivity index (χ0n) is 11.6. The van der Waals surface area contributed by atoms with E-state index in [1.54, 1.807) is 0 Å². The molecule has 0 aromatic heterocycles. The van der Waals surface area contributed by atoms with Gasteiger partial charge in [0, 0.05) is 37.6 Å². The molecule has 3 N–H and O–H groups in total. The minimum Gasteiger partial charge on any atom is -0.352 e. The summed E-state index contributed by atoms with van der Waals surface area (Å²) in [6, 6.07) is 0.275. The molecule has 0 bridgehead atoms. The summed E-state index contributed by atoms with van der Waals surface area (Å²) in [6.07, 6.45) is 1.07. The van der Waals surface area contributed by atoms with Crippen molar-refractivity contribution in [2.75, 3.05) is 26.2 Å². The fourth-order valence-electron chi connectivity index (χ4n) is 2.33. The monoisotopic (exact) mass is 241 g/mol. The van der Waals surface area contributed by atoms with Crippen LogP contribution in [0.4, 0.5) is 0 Å². The van der Waals surface area contributed by atoms with Gasteiger partial charge in [-0.2, -0.15) is 0 Å². The number of nitrogens with zero attached hydrogens (tertiary/aromatic N) is 1. The highest BCUT2D eigenvalue weighted by Gasteiger charge is 2.29. The van der Waals surface area contributed by atoms with Crippen molar-refractivity contribution in [1.82, 2.24) is 10.2 Å². The van der Waals surface area contributed by atoms with Gasteiger partial charge in [-0.3, -0.25) is 9.69 Å². The molecule has 0 radical (unpaired) electrons. The zero-order valence-corrected chi connectivity index (χ0v) is 11.6. The van der Waals surface area contributed by atoms with Crippen molar-refractivity contribution in [3.05, 3.63) is 0 Å². The van der Waals surface area contributed by atoms with Gasteiger partial charge >= 0.3 is 0 Å². The van der Waals surface area contributed by atoms with Crippen LogP contribution in [-0.2, 0) is 4.79 Å². The summed E-state index contributed by atoms with van der Waals surface area (Å²) >= 11 is 0. The normalized spacial score (nSPS) is 26.9. The van der Waals surface area contributed by atoms with E-state index in [0.29, 0.717) is 12.5 Å². The van der Waals surface area contributed by atoms with Crippen molar-refractivity contribution < 1.29 is 4.79 Å². The first-order valence-corrected chi connectivity index (χ1v) is 6.56. The Kier molecular flexibility index (Phi) is 4.95. The van der Waals surface area contributed by atoms with Crippen LogP contribution in [0.1, 0.15) is 34.1 Å².